The predicted molar refractivity (Wildman–Crippen MR) is 244 cm³/mol. The minimum atomic E-state index is 1.01. The molecule has 0 fully saturated rings. The molecule has 0 aliphatic rings. The molecule has 9 aromatic carbocycles. The van der Waals surface area contributed by atoms with Crippen LogP contribution < -0.4 is 0 Å². The molecular formula is C52H28N2S2. The van der Waals surface area contributed by atoms with Crippen molar-refractivity contribution < 1.29 is 0 Å². The van der Waals surface area contributed by atoms with Gasteiger partial charge in [0.15, 0.2) is 0 Å². The number of rotatable bonds is 2. The molecule has 0 aliphatic carbocycles. The van der Waals surface area contributed by atoms with Gasteiger partial charge in [0.2, 0.25) is 0 Å². The lowest BCUT2D eigenvalue weighted by molar-refractivity contribution is 1.41. The molecule has 0 radical (unpaired) electrons. The van der Waals surface area contributed by atoms with Gasteiger partial charge in [-0.05, 0) is 115 Å². The van der Waals surface area contributed by atoms with E-state index in [1.165, 1.54) is 106 Å². The fraction of sp³-hybridized carbons (Fsp3) is 0. The first-order valence-electron chi connectivity index (χ1n) is 19.0. The maximum Gasteiger partial charge on any atom is 0.0708 e. The van der Waals surface area contributed by atoms with Gasteiger partial charge in [-0.25, -0.2) is 0 Å². The Labute approximate surface area is 328 Å². The van der Waals surface area contributed by atoms with E-state index in [0.29, 0.717) is 0 Å². The van der Waals surface area contributed by atoms with Crippen molar-refractivity contribution >= 4 is 128 Å². The summed E-state index contributed by atoms with van der Waals surface area (Å²) >= 11 is 3.82. The van der Waals surface area contributed by atoms with Crippen molar-refractivity contribution in [1.29, 1.82) is 0 Å². The summed E-state index contributed by atoms with van der Waals surface area (Å²) in [5.41, 5.74) is 6.83. The second kappa shape index (κ2) is 11.4. The fourth-order valence-electron chi connectivity index (χ4n) is 9.28. The van der Waals surface area contributed by atoms with Gasteiger partial charge in [-0.2, -0.15) is 0 Å². The third-order valence-corrected chi connectivity index (χ3v) is 14.3. The first kappa shape index (κ1) is 30.6. The molecule has 0 aliphatic heterocycles. The van der Waals surface area contributed by atoms with Crippen LogP contribution in [0.25, 0.3) is 127 Å². The van der Waals surface area contributed by atoms with Crippen molar-refractivity contribution in [1.82, 2.24) is 9.97 Å². The quantitative estimate of drug-likeness (QED) is 0.130. The largest absolute Gasteiger partial charge is 0.256 e. The van der Waals surface area contributed by atoms with E-state index in [1.807, 2.05) is 47.2 Å². The van der Waals surface area contributed by atoms with Gasteiger partial charge >= 0.3 is 0 Å². The predicted octanol–water partition coefficient (Wildman–Crippen LogP) is 15.5. The highest BCUT2D eigenvalue weighted by atomic mass is 32.1. The molecule has 258 valence electrons. The van der Waals surface area contributed by atoms with Crippen molar-refractivity contribution in [2.45, 2.75) is 0 Å². The van der Waals surface area contributed by atoms with Crippen LogP contribution in [0, 0.1) is 0 Å². The highest BCUT2D eigenvalue weighted by Gasteiger charge is 2.20. The van der Waals surface area contributed by atoms with Crippen molar-refractivity contribution in [3.8, 4) is 22.3 Å². The van der Waals surface area contributed by atoms with Gasteiger partial charge < -0.3 is 0 Å². The average Bonchev–Trinajstić information content (AvgIpc) is 3.83. The Hall–Kier alpha value is -6.72. The highest BCUT2D eigenvalue weighted by molar-refractivity contribution is 7.27. The van der Waals surface area contributed by atoms with E-state index in [4.69, 9.17) is 9.97 Å². The van der Waals surface area contributed by atoms with Crippen molar-refractivity contribution in [3.05, 3.63) is 170 Å². The number of nitrogens with zero attached hydrogens (tertiary/aromatic N) is 2. The number of hydrogen-bond donors (Lipinski definition) is 0. The third kappa shape index (κ3) is 4.31. The molecule has 0 saturated heterocycles. The summed E-state index contributed by atoms with van der Waals surface area (Å²) in [4.78, 5) is 9.51. The fourth-order valence-corrected chi connectivity index (χ4v) is 11.8. The van der Waals surface area contributed by atoms with Crippen LogP contribution in [-0.2, 0) is 0 Å². The topological polar surface area (TPSA) is 25.8 Å². The van der Waals surface area contributed by atoms with Crippen LogP contribution in [0.1, 0.15) is 0 Å². The van der Waals surface area contributed by atoms with Crippen LogP contribution in [0.4, 0.5) is 0 Å². The Morgan fingerprint density at radius 3 is 1.32 bits per heavy atom. The van der Waals surface area contributed by atoms with Gasteiger partial charge in [0.05, 0.1) is 11.0 Å². The van der Waals surface area contributed by atoms with E-state index in [0.717, 1.165) is 21.8 Å². The monoisotopic (exact) mass is 744 g/mol. The Morgan fingerprint density at radius 2 is 0.804 bits per heavy atom. The maximum absolute atomic E-state index is 4.75. The van der Waals surface area contributed by atoms with E-state index in [-0.39, 0.29) is 0 Å². The number of benzene rings is 9. The molecule has 0 N–H and O–H groups in total. The molecule has 0 bridgehead atoms. The Bertz CT molecular complexity index is 3590. The lowest BCUT2D eigenvalue weighted by atomic mass is 9.87. The Kier molecular flexibility index (Phi) is 6.23. The van der Waals surface area contributed by atoms with Crippen LogP contribution >= 0.6 is 22.7 Å². The van der Waals surface area contributed by atoms with E-state index < -0.39 is 0 Å². The summed E-state index contributed by atoms with van der Waals surface area (Å²) in [7, 11) is 0. The average molecular weight is 745 g/mol. The summed E-state index contributed by atoms with van der Waals surface area (Å²) in [5, 5.41) is 17.8. The highest BCUT2D eigenvalue weighted by Crippen LogP contribution is 2.49. The number of thiophene rings is 2. The molecule has 2 nitrogen and oxygen atoms in total. The summed E-state index contributed by atoms with van der Waals surface area (Å²) in [6.07, 6.45) is 3.77. The van der Waals surface area contributed by atoms with Crippen LogP contribution in [0.2, 0.25) is 0 Å². The summed E-state index contributed by atoms with van der Waals surface area (Å²) in [5.74, 6) is 0. The summed E-state index contributed by atoms with van der Waals surface area (Å²) in [6.45, 7) is 0. The van der Waals surface area contributed by atoms with Crippen LogP contribution in [0.15, 0.2) is 170 Å². The van der Waals surface area contributed by atoms with E-state index in [1.54, 1.807) is 0 Å². The van der Waals surface area contributed by atoms with Gasteiger partial charge in [-0.15, -0.1) is 22.7 Å². The zero-order valence-electron chi connectivity index (χ0n) is 29.9. The normalized spacial score (nSPS) is 12.3. The molecule has 0 saturated carbocycles. The first-order valence-corrected chi connectivity index (χ1v) is 20.6. The molecule has 4 aromatic heterocycles. The molecule has 0 atom stereocenters. The van der Waals surface area contributed by atoms with E-state index in [2.05, 4.69) is 146 Å². The summed E-state index contributed by atoms with van der Waals surface area (Å²) in [6, 6.07) is 58.6. The maximum atomic E-state index is 4.75. The molecule has 13 aromatic rings. The van der Waals surface area contributed by atoms with Crippen molar-refractivity contribution in [2.75, 3.05) is 0 Å². The third-order valence-electron chi connectivity index (χ3n) is 11.9. The number of pyridine rings is 2. The minimum Gasteiger partial charge on any atom is -0.256 e. The van der Waals surface area contributed by atoms with E-state index in [9.17, 15) is 0 Å². The molecule has 0 amide bonds. The van der Waals surface area contributed by atoms with Crippen LogP contribution in [-0.4, -0.2) is 9.97 Å². The second-order valence-corrected chi connectivity index (χ2v) is 17.0. The molecule has 56 heavy (non-hydrogen) atoms. The number of hydrogen-bond acceptors (Lipinski definition) is 4. The van der Waals surface area contributed by atoms with Crippen molar-refractivity contribution in [3.63, 3.8) is 0 Å². The van der Waals surface area contributed by atoms with Gasteiger partial charge in [-0.1, -0.05) is 97.1 Å². The molecular weight excluding hydrogens is 717 g/mol. The number of fused-ring (bicyclic) bond motifs is 16. The molecule has 4 heteroatoms. The van der Waals surface area contributed by atoms with Crippen molar-refractivity contribution in [2.24, 2.45) is 0 Å². The second-order valence-electron chi connectivity index (χ2n) is 14.9. The number of aromatic nitrogens is 2. The molecule has 0 spiro atoms. The molecule has 4 heterocycles. The van der Waals surface area contributed by atoms with Crippen LogP contribution in [0.5, 0.6) is 0 Å². The standard InChI is InChI=1S/C52H28N2S2/c1-3-11-47-35(9-1)39-19-17-37-41(31-15-13-29-7-5-21-53-45(29)26-31)24-33-23-34-25-42(32-16-14-30-8-6-22-54-46(30)27-32)38-18-20-40-36-10-2-4-12-48(36)56-52(40)50(38)44(34)28-43(33)49(37)51(39)55-47/h1-28H. The SMILES string of the molecule is c1cnc2cc(-c3cc4cc5cc(-c6ccc7cccnc7c6)c6ccc7c8ccccc8sc7c6c5cc4c4c3ccc3c5ccccc5sc34)ccc2c1. The van der Waals surface area contributed by atoms with Gasteiger partial charge in [0.25, 0.3) is 0 Å². The molecule has 13 rings (SSSR count). The minimum absolute atomic E-state index is 1.01. The Balaban J connectivity index is 1.22. The zero-order chi connectivity index (χ0) is 36.5. The lowest BCUT2D eigenvalue weighted by Gasteiger charge is -2.16. The lowest BCUT2D eigenvalue weighted by Crippen LogP contribution is -1.89. The van der Waals surface area contributed by atoms with E-state index >= 15 is 0 Å². The summed E-state index contributed by atoms with van der Waals surface area (Å²) < 4.78 is 5.31. The van der Waals surface area contributed by atoms with Gasteiger partial charge in [0.1, 0.15) is 0 Å². The van der Waals surface area contributed by atoms with Crippen LogP contribution in [0.3, 0.4) is 0 Å². The molecule has 0 unspecified atom stereocenters. The van der Waals surface area contributed by atoms with Gasteiger partial charge in [-0.3, -0.25) is 9.97 Å². The Morgan fingerprint density at radius 1 is 0.321 bits per heavy atom. The first-order chi connectivity index (χ1) is 27.7. The smallest absolute Gasteiger partial charge is 0.0708 e. The van der Waals surface area contributed by atoms with Gasteiger partial charge in [0, 0.05) is 74.3 Å². The zero-order valence-corrected chi connectivity index (χ0v) is 31.5.